The maximum absolute atomic E-state index is 11.7. The Morgan fingerprint density at radius 2 is 2.25 bits per heavy atom. The van der Waals surface area contributed by atoms with Gasteiger partial charge in [0.05, 0.1) is 19.8 Å². The van der Waals surface area contributed by atoms with E-state index in [1.54, 1.807) is 0 Å². The molecular weight excluding hydrogens is 208 g/mol. The Bertz CT molecular complexity index is 225. The van der Waals surface area contributed by atoms with E-state index in [4.69, 9.17) is 15.2 Å². The molecule has 3 N–H and O–H groups in total. The minimum absolute atomic E-state index is 0.0277. The molecule has 1 saturated heterocycles. The van der Waals surface area contributed by atoms with Crippen molar-refractivity contribution in [2.24, 2.45) is 11.1 Å². The van der Waals surface area contributed by atoms with Crippen LogP contribution in [-0.4, -0.2) is 44.9 Å². The number of nitrogens with one attached hydrogen (secondary N) is 1. The molecule has 0 bridgehead atoms. The first-order valence-electron chi connectivity index (χ1n) is 5.72. The van der Waals surface area contributed by atoms with Crippen LogP contribution >= 0.6 is 0 Å². The first-order chi connectivity index (χ1) is 7.55. The maximum Gasteiger partial charge on any atom is 0.251 e. The highest BCUT2D eigenvalue weighted by Crippen LogP contribution is 2.17. The number of carbonyl (C=O) groups excluding carboxylic acids is 1. The lowest BCUT2D eigenvalue weighted by Crippen LogP contribution is -2.45. The molecule has 0 radical (unpaired) electrons. The van der Waals surface area contributed by atoms with E-state index in [2.05, 4.69) is 19.2 Å². The van der Waals surface area contributed by atoms with Crippen molar-refractivity contribution in [3.8, 4) is 0 Å². The summed E-state index contributed by atoms with van der Waals surface area (Å²) in [6, 6.07) is 0. The van der Waals surface area contributed by atoms with Crippen molar-refractivity contribution in [1.29, 1.82) is 0 Å². The van der Waals surface area contributed by atoms with Crippen LogP contribution in [0.15, 0.2) is 0 Å². The average Bonchev–Trinajstić information content (AvgIpc) is 2.27. The smallest absolute Gasteiger partial charge is 0.251 e. The monoisotopic (exact) mass is 230 g/mol. The molecule has 5 nitrogen and oxygen atoms in total. The van der Waals surface area contributed by atoms with Crippen LogP contribution in [0.4, 0.5) is 0 Å². The molecular formula is C11H22N2O3. The van der Waals surface area contributed by atoms with Gasteiger partial charge in [0, 0.05) is 6.54 Å². The van der Waals surface area contributed by atoms with Gasteiger partial charge in [-0.1, -0.05) is 13.8 Å². The molecule has 1 heterocycles. The molecule has 5 heteroatoms. The van der Waals surface area contributed by atoms with E-state index in [1.165, 1.54) is 0 Å². The molecule has 1 atom stereocenters. The highest BCUT2D eigenvalue weighted by atomic mass is 16.6. The third kappa shape index (κ3) is 4.47. The number of carbonyl (C=O) groups is 1. The van der Waals surface area contributed by atoms with E-state index in [-0.39, 0.29) is 11.3 Å². The van der Waals surface area contributed by atoms with E-state index < -0.39 is 6.10 Å². The van der Waals surface area contributed by atoms with Gasteiger partial charge in [-0.25, -0.2) is 0 Å². The number of hydrogen-bond acceptors (Lipinski definition) is 4. The van der Waals surface area contributed by atoms with Gasteiger partial charge in [-0.2, -0.15) is 0 Å². The zero-order valence-corrected chi connectivity index (χ0v) is 10.1. The largest absolute Gasteiger partial charge is 0.376 e. The molecule has 0 aromatic heterocycles. The fraction of sp³-hybridized carbons (Fsp3) is 0.909. The van der Waals surface area contributed by atoms with E-state index in [9.17, 15) is 4.79 Å². The molecule has 0 aliphatic carbocycles. The summed E-state index contributed by atoms with van der Waals surface area (Å²) in [6.45, 7) is 6.82. The van der Waals surface area contributed by atoms with Crippen LogP contribution in [0.2, 0.25) is 0 Å². The second kappa shape index (κ2) is 6.18. The molecule has 0 aromatic carbocycles. The van der Waals surface area contributed by atoms with Crippen LogP contribution in [0.5, 0.6) is 0 Å². The minimum atomic E-state index is -0.456. The van der Waals surface area contributed by atoms with Gasteiger partial charge in [-0.05, 0) is 18.4 Å². The first-order valence-corrected chi connectivity index (χ1v) is 5.72. The summed E-state index contributed by atoms with van der Waals surface area (Å²) in [4.78, 5) is 11.7. The normalized spacial score (nSPS) is 21.8. The second-order valence-corrected chi connectivity index (χ2v) is 4.86. The van der Waals surface area contributed by atoms with Gasteiger partial charge in [-0.3, -0.25) is 4.79 Å². The van der Waals surface area contributed by atoms with Crippen molar-refractivity contribution in [3.63, 3.8) is 0 Å². The van der Waals surface area contributed by atoms with E-state index in [1.807, 2.05) is 0 Å². The molecule has 1 fully saturated rings. The van der Waals surface area contributed by atoms with Gasteiger partial charge in [0.2, 0.25) is 0 Å². The molecule has 94 valence electrons. The Hall–Kier alpha value is -0.650. The maximum atomic E-state index is 11.7. The predicted molar refractivity (Wildman–Crippen MR) is 61.0 cm³/mol. The number of rotatable bonds is 5. The highest BCUT2D eigenvalue weighted by molar-refractivity contribution is 5.81. The fourth-order valence-corrected chi connectivity index (χ4v) is 1.56. The van der Waals surface area contributed by atoms with Gasteiger partial charge in [0.1, 0.15) is 0 Å². The van der Waals surface area contributed by atoms with Crippen LogP contribution < -0.4 is 11.1 Å². The number of nitrogens with two attached hydrogens (primary N) is 1. The third-order valence-electron chi connectivity index (χ3n) is 2.67. The zero-order valence-electron chi connectivity index (χ0n) is 10.1. The molecule has 1 amide bonds. The summed E-state index contributed by atoms with van der Waals surface area (Å²) in [5.41, 5.74) is 5.53. The predicted octanol–water partition coefficient (Wildman–Crippen LogP) is -0.107. The van der Waals surface area contributed by atoms with Gasteiger partial charge < -0.3 is 20.5 Å². The van der Waals surface area contributed by atoms with Crippen molar-refractivity contribution in [1.82, 2.24) is 5.32 Å². The number of ether oxygens (including phenoxy) is 2. The average molecular weight is 230 g/mol. The molecule has 0 saturated carbocycles. The van der Waals surface area contributed by atoms with Crippen LogP contribution in [0.1, 0.15) is 20.3 Å². The summed E-state index contributed by atoms with van der Waals surface area (Å²) < 4.78 is 10.5. The Morgan fingerprint density at radius 3 is 2.81 bits per heavy atom. The van der Waals surface area contributed by atoms with Gasteiger partial charge in [0.15, 0.2) is 6.10 Å². The summed E-state index contributed by atoms with van der Waals surface area (Å²) in [6.07, 6.45) is 0.428. The van der Waals surface area contributed by atoms with Crippen molar-refractivity contribution >= 4 is 5.91 Å². The van der Waals surface area contributed by atoms with Crippen molar-refractivity contribution < 1.29 is 14.3 Å². The van der Waals surface area contributed by atoms with Gasteiger partial charge in [0.25, 0.3) is 5.91 Å². The standard InChI is InChI=1S/C11H22N2O3/c1-11(2,3-4-12)8-13-10(14)9-7-15-5-6-16-9/h9H,3-8,12H2,1-2H3,(H,13,14). The van der Waals surface area contributed by atoms with Gasteiger partial charge >= 0.3 is 0 Å². The Kier molecular flexibility index (Phi) is 5.18. The first kappa shape index (κ1) is 13.4. The lowest BCUT2D eigenvalue weighted by Gasteiger charge is -2.27. The second-order valence-electron chi connectivity index (χ2n) is 4.86. The number of hydrogen-bond donors (Lipinski definition) is 2. The van der Waals surface area contributed by atoms with Crippen molar-refractivity contribution in [3.05, 3.63) is 0 Å². The molecule has 16 heavy (non-hydrogen) atoms. The third-order valence-corrected chi connectivity index (χ3v) is 2.67. The molecule has 1 rings (SSSR count). The minimum Gasteiger partial charge on any atom is -0.376 e. The summed E-state index contributed by atoms with van der Waals surface area (Å²) in [7, 11) is 0. The lowest BCUT2D eigenvalue weighted by molar-refractivity contribution is -0.147. The quantitative estimate of drug-likeness (QED) is 0.691. The van der Waals surface area contributed by atoms with Crippen LogP contribution in [0.25, 0.3) is 0 Å². The topological polar surface area (TPSA) is 73.6 Å². The van der Waals surface area contributed by atoms with Crippen LogP contribution in [0, 0.1) is 5.41 Å². The summed E-state index contributed by atoms with van der Waals surface area (Å²) >= 11 is 0. The van der Waals surface area contributed by atoms with Crippen LogP contribution in [0.3, 0.4) is 0 Å². The van der Waals surface area contributed by atoms with E-state index >= 15 is 0 Å². The highest BCUT2D eigenvalue weighted by Gasteiger charge is 2.24. The number of amides is 1. The Morgan fingerprint density at radius 1 is 1.50 bits per heavy atom. The SMILES string of the molecule is CC(C)(CCN)CNC(=O)C1COCCO1. The van der Waals surface area contributed by atoms with Crippen molar-refractivity contribution in [2.75, 3.05) is 32.9 Å². The molecule has 1 unspecified atom stereocenters. The van der Waals surface area contributed by atoms with Gasteiger partial charge in [-0.15, -0.1) is 0 Å². The Balaban J connectivity index is 2.28. The fourth-order valence-electron chi connectivity index (χ4n) is 1.56. The molecule has 1 aliphatic heterocycles. The Labute approximate surface area is 96.7 Å². The molecule has 1 aliphatic rings. The summed E-state index contributed by atoms with van der Waals surface area (Å²) in [5.74, 6) is -0.0928. The van der Waals surface area contributed by atoms with E-state index in [0.29, 0.717) is 32.9 Å². The summed E-state index contributed by atoms with van der Waals surface area (Å²) in [5, 5.41) is 2.88. The van der Waals surface area contributed by atoms with Crippen molar-refractivity contribution in [2.45, 2.75) is 26.4 Å². The molecule has 0 aromatic rings. The zero-order chi connectivity index (χ0) is 12.0. The molecule has 0 spiro atoms. The lowest BCUT2D eigenvalue weighted by atomic mass is 9.89. The van der Waals surface area contributed by atoms with Crippen LogP contribution in [-0.2, 0) is 14.3 Å². The van der Waals surface area contributed by atoms with E-state index in [0.717, 1.165) is 6.42 Å².